The van der Waals surface area contributed by atoms with Crippen molar-refractivity contribution < 1.29 is 28.9 Å². The van der Waals surface area contributed by atoms with Crippen LogP contribution in [0.25, 0.3) is 21.8 Å². The Kier molecular flexibility index (Phi) is 8.56. The Balaban J connectivity index is 1.30. The zero-order valence-electron chi connectivity index (χ0n) is 32.5. The summed E-state index contributed by atoms with van der Waals surface area (Å²) in [6.07, 6.45) is 7.07. The van der Waals surface area contributed by atoms with Crippen molar-refractivity contribution in [3.05, 3.63) is 76.1 Å². The number of nitrogens with one attached hydrogen (secondary N) is 2. The molecule has 0 radical (unpaired) electrons. The van der Waals surface area contributed by atoms with Gasteiger partial charge in [0.2, 0.25) is 0 Å². The van der Waals surface area contributed by atoms with E-state index in [4.69, 9.17) is 14.2 Å². The number of para-hydroxylation sites is 1. The quantitative estimate of drug-likeness (QED) is 0.167. The molecule has 54 heavy (non-hydrogen) atoms. The lowest BCUT2D eigenvalue weighted by Crippen LogP contribution is -2.67. The first-order valence-corrected chi connectivity index (χ1v) is 19.9. The van der Waals surface area contributed by atoms with Crippen molar-refractivity contribution >= 4 is 33.7 Å². The number of aromatic nitrogens is 2. The maximum atomic E-state index is 14.3. The number of aliphatic hydroxyl groups excluding tert-OH is 1. The standard InChI is InChI=1S/C44H54N4O6/c1-7-25-15-24-20-43(41(50)53-5)39-28(13-14-48(21-24)40(25)43)29-16-30(36(52-4)19-35(29)46-39)31-17-33-26(8-2)22-47(3)37(44(33,23-49)42(51)54-6)18-32-27-11-9-10-12-34(27)45-38(31)32/h8-12,16,19,24-25,31,33,37,40,45-46,49H,7,13-15,17-18,20-23H2,1-6H3/b26-8-/t24-,25-,31-,33+,37-,40-,43+,44-/m0/s1. The summed E-state index contributed by atoms with van der Waals surface area (Å²) in [5.41, 5.74) is 6.70. The van der Waals surface area contributed by atoms with Gasteiger partial charge in [-0.1, -0.05) is 43.2 Å². The van der Waals surface area contributed by atoms with Crippen LogP contribution in [0.4, 0.5) is 0 Å². The van der Waals surface area contributed by atoms with Crippen LogP contribution in [0.15, 0.2) is 48.0 Å². The van der Waals surface area contributed by atoms with Gasteiger partial charge < -0.3 is 29.3 Å². The predicted molar refractivity (Wildman–Crippen MR) is 208 cm³/mol. The number of carbonyl (C=O) groups is 2. The third-order valence-corrected chi connectivity index (χ3v) is 14.8. The summed E-state index contributed by atoms with van der Waals surface area (Å²) in [7, 11) is 6.76. The highest BCUT2D eigenvalue weighted by atomic mass is 16.5. The van der Waals surface area contributed by atoms with Crippen LogP contribution in [-0.4, -0.2) is 104 Å². The summed E-state index contributed by atoms with van der Waals surface area (Å²) >= 11 is 0. The Labute approximate surface area is 317 Å². The van der Waals surface area contributed by atoms with E-state index >= 15 is 0 Å². The molecule has 10 nitrogen and oxygen atoms in total. The molecular formula is C44H54N4O6. The van der Waals surface area contributed by atoms with Gasteiger partial charge in [-0.15, -0.1) is 0 Å². The van der Waals surface area contributed by atoms with Gasteiger partial charge >= 0.3 is 11.9 Å². The summed E-state index contributed by atoms with van der Waals surface area (Å²) in [4.78, 5) is 41.0. The Morgan fingerprint density at radius 3 is 2.54 bits per heavy atom. The molecule has 4 fully saturated rings. The largest absolute Gasteiger partial charge is 0.496 e. The summed E-state index contributed by atoms with van der Waals surface area (Å²) in [5, 5.41) is 13.7. The molecule has 3 saturated heterocycles. The molecule has 3 N–H and O–H groups in total. The summed E-state index contributed by atoms with van der Waals surface area (Å²) in [5.74, 6) is 0.613. The number of rotatable bonds is 6. The highest BCUT2D eigenvalue weighted by Gasteiger charge is 2.63. The maximum Gasteiger partial charge on any atom is 0.319 e. The molecule has 10 rings (SSSR count). The van der Waals surface area contributed by atoms with E-state index in [0.717, 1.165) is 94.4 Å². The fourth-order valence-electron chi connectivity index (χ4n) is 12.6. The molecule has 6 heterocycles. The van der Waals surface area contributed by atoms with Crippen molar-refractivity contribution in [1.29, 1.82) is 0 Å². The highest BCUT2D eigenvalue weighted by Crippen LogP contribution is 2.57. The molecule has 2 aromatic heterocycles. The first kappa shape index (κ1) is 35.6. The summed E-state index contributed by atoms with van der Waals surface area (Å²) in [6.45, 7) is 6.60. The number of esters is 2. The molecule has 286 valence electrons. The van der Waals surface area contributed by atoms with Crippen LogP contribution >= 0.6 is 0 Å². The molecule has 1 saturated carbocycles. The van der Waals surface area contributed by atoms with E-state index in [9.17, 15) is 14.7 Å². The second-order valence-electron chi connectivity index (χ2n) is 16.8. The smallest absolute Gasteiger partial charge is 0.319 e. The Morgan fingerprint density at radius 1 is 1.02 bits per heavy atom. The average Bonchev–Trinajstić information content (AvgIpc) is 3.72. The number of aliphatic hydroxyl groups is 1. The number of aromatic amines is 2. The van der Waals surface area contributed by atoms with Gasteiger partial charge in [-0.2, -0.15) is 0 Å². The number of benzene rings is 2. The molecular weight excluding hydrogens is 681 g/mol. The van der Waals surface area contributed by atoms with E-state index < -0.39 is 10.8 Å². The average molecular weight is 735 g/mol. The first-order valence-electron chi connectivity index (χ1n) is 19.9. The van der Waals surface area contributed by atoms with Crippen LogP contribution in [0.5, 0.6) is 5.75 Å². The minimum atomic E-state index is -1.17. The Hall–Kier alpha value is -4.12. The minimum absolute atomic E-state index is 0.0942. The number of likely N-dealkylation sites (tertiary alicyclic amines) is 1. The second-order valence-corrected chi connectivity index (χ2v) is 16.8. The molecule has 6 aliphatic rings. The van der Waals surface area contributed by atoms with E-state index in [2.05, 4.69) is 76.2 Å². The number of nitrogens with zero attached hydrogens (tertiary/aromatic N) is 2. The minimum Gasteiger partial charge on any atom is -0.496 e. The Bertz CT molecular complexity index is 2190. The number of fused-ring (bicyclic) bond motifs is 9. The lowest BCUT2D eigenvalue weighted by atomic mass is 9.56. The number of hydrogen-bond acceptors (Lipinski definition) is 8. The predicted octanol–water partition coefficient (Wildman–Crippen LogP) is 5.85. The number of allylic oxidation sites excluding steroid dienone is 1. The number of likely N-dealkylation sites (N-methyl/N-ethyl adjacent to an activating group) is 1. The zero-order valence-corrected chi connectivity index (χ0v) is 32.5. The van der Waals surface area contributed by atoms with E-state index in [1.807, 2.05) is 6.92 Å². The van der Waals surface area contributed by atoms with Crippen LogP contribution < -0.4 is 4.74 Å². The first-order chi connectivity index (χ1) is 26.2. The van der Waals surface area contributed by atoms with Gasteiger partial charge in [0.1, 0.15) is 16.6 Å². The molecule has 1 unspecified atom stereocenters. The fourth-order valence-corrected chi connectivity index (χ4v) is 12.6. The molecule has 0 spiro atoms. The zero-order chi connectivity index (χ0) is 37.7. The van der Waals surface area contributed by atoms with E-state index in [1.54, 1.807) is 14.2 Å². The topological polar surface area (TPSA) is 120 Å². The van der Waals surface area contributed by atoms with Gasteiger partial charge in [0.15, 0.2) is 0 Å². The van der Waals surface area contributed by atoms with E-state index in [1.165, 1.54) is 12.7 Å². The van der Waals surface area contributed by atoms with E-state index in [0.29, 0.717) is 31.2 Å². The SMILES string of the molecule is C/C=C1/CN(C)[C@H]2Cc3c([nH]c4ccccc34)[C@H](c3cc4c5c([nH]c4cc3OC)[C@]3(C(=O)OC)C[C@@H]4C[C@H](CC)[C@@H]3N(CC5)C4)C[C@H]1[C@]2(CO)C(=O)OC. The lowest BCUT2D eigenvalue weighted by Gasteiger charge is -2.57. The monoisotopic (exact) mass is 734 g/mol. The maximum absolute atomic E-state index is 14.3. The molecule has 6 bridgehead atoms. The Morgan fingerprint density at radius 2 is 1.81 bits per heavy atom. The van der Waals surface area contributed by atoms with Crippen LogP contribution in [0.3, 0.4) is 0 Å². The second kappa shape index (κ2) is 13.0. The number of methoxy groups -OCH3 is 3. The van der Waals surface area contributed by atoms with Crippen LogP contribution in [0.2, 0.25) is 0 Å². The van der Waals surface area contributed by atoms with Crippen molar-refractivity contribution in [1.82, 2.24) is 19.8 Å². The van der Waals surface area contributed by atoms with Gasteiger partial charge in [0, 0.05) is 88.4 Å². The van der Waals surface area contributed by atoms with E-state index in [-0.39, 0.29) is 42.5 Å². The number of hydrogen-bond donors (Lipinski definition) is 3. The van der Waals surface area contributed by atoms with Crippen molar-refractivity contribution in [3.63, 3.8) is 0 Å². The normalized spacial score (nSPS) is 33.8. The molecule has 0 amide bonds. The van der Waals surface area contributed by atoms with Crippen molar-refractivity contribution in [2.45, 2.75) is 75.8 Å². The number of H-pyrrole nitrogens is 2. The third-order valence-electron chi connectivity index (χ3n) is 14.8. The number of piperidine rings is 3. The molecule has 4 aliphatic heterocycles. The fraction of sp³-hybridized carbons (Fsp3) is 0.545. The molecule has 9 atom stereocenters. The molecule has 2 aliphatic carbocycles. The highest BCUT2D eigenvalue weighted by molar-refractivity contribution is 5.93. The number of ether oxygens (including phenoxy) is 3. The van der Waals surface area contributed by atoms with Gasteiger partial charge in [0.25, 0.3) is 0 Å². The molecule has 2 aromatic carbocycles. The third kappa shape index (κ3) is 4.68. The van der Waals surface area contributed by atoms with Gasteiger partial charge in [0.05, 0.1) is 27.9 Å². The van der Waals surface area contributed by atoms with Crippen molar-refractivity contribution in [3.8, 4) is 5.75 Å². The van der Waals surface area contributed by atoms with Crippen molar-refractivity contribution in [2.75, 3.05) is 54.6 Å². The van der Waals surface area contributed by atoms with Gasteiger partial charge in [-0.3, -0.25) is 19.4 Å². The van der Waals surface area contributed by atoms with Crippen molar-refractivity contribution in [2.24, 2.45) is 23.2 Å². The van der Waals surface area contributed by atoms with Gasteiger partial charge in [-0.25, -0.2) is 0 Å². The van der Waals surface area contributed by atoms with Crippen LogP contribution in [0.1, 0.15) is 73.5 Å². The number of carbonyl (C=O) groups excluding carboxylic acids is 2. The lowest BCUT2D eigenvalue weighted by molar-refractivity contribution is -0.169. The summed E-state index contributed by atoms with van der Waals surface area (Å²) < 4.78 is 17.6. The van der Waals surface area contributed by atoms with Gasteiger partial charge in [-0.05, 0) is 81.2 Å². The van der Waals surface area contributed by atoms with Crippen LogP contribution in [-0.2, 0) is 37.3 Å². The molecule has 10 heteroatoms. The van der Waals surface area contributed by atoms with Crippen LogP contribution in [0, 0.1) is 23.2 Å². The molecule has 4 aromatic rings. The summed E-state index contributed by atoms with van der Waals surface area (Å²) in [6, 6.07) is 12.6.